The van der Waals surface area contributed by atoms with E-state index in [1.54, 1.807) is 12.4 Å². The molecule has 0 radical (unpaired) electrons. The summed E-state index contributed by atoms with van der Waals surface area (Å²) < 4.78 is 5.86. The molecule has 3 heterocycles. The summed E-state index contributed by atoms with van der Waals surface area (Å²) in [5, 5.41) is 0. The molecule has 2 aromatic rings. The van der Waals surface area contributed by atoms with Crippen molar-refractivity contribution in [3.05, 3.63) is 54.1 Å². The van der Waals surface area contributed by atoms with Gasteiger partial charge in [-0.3, -0.25) is 9.59 Å². The fourth-order valence-corrected chi connectivity index (χ4v) is 4.77. The Labute approximate surface area is 183 Å². The van der Waals surface area contributed by atoms with Crippen LogP contribution in [0.5, 0.6) is 5.75 Å². The van der Waals surface area contributed by atoms with Gasteiger partial charge in [-0.2, -0.15) is 0 Å². The number of ether oxygens (including phenoxy) is 1. The van der Waals surface area contributed by atoms with Gasteiger partial charge in [-0.1, -0.05) is 24.6 Å². The largest absolute Gasteiger partial charge is 0.483 e. The zero-order valence-electron chi connectivity index (χ0n) is 18.1. The quantitative estimate of drug-likeness (QED) is 0.706. The molecule has 0 atom stereocenters. The Bertz CT molecular complexity index is 910. The molecule has 2 aliphatic rings. The van der Waals surface area contributed by atoms with Crippen LogP contribution < -0.4 is 4.74 Å². The van der Waals surface area contributed by atoms with E-state index in [1.165, 1.54) is 6.33 Å². The van der Waals surface area contributed by atoms with Gasteiger partial charge in [-0.25, -0.2) is 9.97 Å². The van der Waals surface area contributed by atoms with Crippen molar-refractivity contribution in [3.63, 3.8) is 0 Å². The molecule has 1 saturated heterocycles. The standard InChI is InChI=1S/C24H30N4O3/c1-27-17-24(10-12-28(13-11-24)23(30)20-14-25-18-26-15-20)9-5-4-7-19-6-2-3-8-21(19)31-16-22(27)29/h2-3,6,8,14-15,18H,4-5,7,9-13,16-17H2,1H3. The highest BCUT2D eigenvalue weighted by molar-refractivity contribution is 5.93. The number of fused-ring (bicyclic) bond motifs is 1. The molecule has 0 bridgehead atoms. The summed E-state index contributed by atoms with van der Waals surface area (Å²) in [6, 6.07) is 8.00. The van der Waals surface area contributed by atoms with Crippen LogP contribution in [-0.2, 0) is 11.2 Å². The van der Waals surface area contributed by atoms with Crippen LogP contribution >= 0.6 is 0 Å². The Balaban J connectivity index is 1.44. The lowest BCUT2D eigenvalue weighted by atomic mass is 9.73. The molecule has 7 heteroatoms. The number of carbonyl (C=O) groups excluding carboxylic acids is 2. The van der Waals surface area contributed by atoms with Crippen molar-refractivity contribution >= 4 is 11.8 Å². The highest BCUT2D eigenvalue weighted by atomic mass is 16.5. The number of likely N-dealkylation sites (N-methyl/N-ethyl adjacent to an activating group) is 1. The molecular weight excluding hydrogens is 392 g/mol. The van der Waals surface area contributed by atoms with Crippen molar-refractivity contribution in [1.29, 1.82) is 0 Å². The van der Waals surface area contributed by atoms with Gasteiger partial charge in [0.15, 0.2) is 6.61 Å². The predicted molar refractivity (Wildman–Crippen MR) is 117 cm³/mol. The second kappa shape index (κ2) is 9.45. The van der Waals surface area contributed by atoms with Gasteiger partial charge < -0.3 is 14.5 Å². The third-order valence-corrected chi connectivity index (χ3v) is 6.64. The normalized spacial score (nSPS) is 19.7. The molecule has 164 valence electrons. The Hall–Kier alpha value is -2.96. The lowest BCUT2D eigenvalue weighted by Crippen LogP contribution is -2.49. The van der Waals surface area contributed by atoms with E-state index in [2.05, 4.69) is 16.0 Å². The van der Waals surface area contributed by atoms with Gasteiger partial charge in [0, 0.05) is 39.1 Å². The second-order valence-corrected chi connectivity index (χ2v) is 8.77. The van der Waals surface area contributed by atoms with E-state index in [9.17, 15) is 9.59 Å². The zero-order valence-corrected chi connectivity index (χ0v) is 18.1. The van der Waals surface area contributed by atoms with E-state index >= 15 is 0 Å². The first kappa shape index (κ1) is 21.3. The number of hydrogen-bond acceptors (Lipinski definition) is 5. The van der Waals surface area contributed by atoms with E-state index in [-0.39, 0.29) is 23.8 Å². The van der Waals surface area contributed by atoms with Gasteiger partial charge in [0.1, 0.15) is 12.1 Å². The van der Waals surface area contributed by atoms with Gasteiger partial charge in [-0.05, 0) is 49.1 Å². The van der Waals surface area contributed by atoms with Crippen molar-refractivity contribution in [2.75, 3.05) is 33.3 Å². The van der Waals surface area contributed by atoms with E-state index in [0.717, 1.165) is 49.8 Å². The summed E-state index contributed by atoms with van der Waals surface area (Å²) in [7, 11) is 1.87. The fourth-order valence-electron chi connectivity index (χ4n) is 4.77. The first-order valence-corrected chi connectivity index (χ1v) is 11.1. The number of piperidine rings is 1. The number of nitrogens with zero attached hydrogens (tertiary/aromatic N) is 4. The maximum atomic E-state index is 12.8. The van der Waals surface area contributed by atoms with E-state index in [4.69, 9.17) is 4.74 Å². The molecule has 0 N–H and O–H groups in total. The van der Waals surface area contributed by atoms with Crippen molar-refractivity contribution in [3.8, 4) is 5.75 Å². The van der Waals surface area contributed by atoms with Crippen molar-refractivity contribution in [2.24, 2.45) is 5.41 Å². The van der Waals surface area contributed by atoms with Gasteiger partial charge in [0.05, 0.1) is 5.56 Å². The number of rotatable bonds is 1. The Morgan fingerprint density at radius 1 is 1.06 bits per heavy atom. The van der Waals surface area contributed by atoms with Gasteiger partial charge in [-0.15, -0.1) is 0 Å². The van der Waals surface area contributed by atoms with Crippen molar-refractivity contribution < 1.29 is 14.3 Å². The molecule has 2 amide bonds. The van der Waals surface area contributed by atoms with Crippen LogP contribution in [0.25, 0.3) is 0 Å². The van der Waals surface area contributed by atoms with E-state index < -0.39 is 0 Å². The number of likely N-dealkylation sites (tertiary alicyclic amines) is 1. The summed E-state index contributed by atoms with van der Waals surface area (Å²) in [6.07, 6.45) is 10.5. The first-order chi connectivity index (χ1) is 15.1. The van der Waals surface area contributed by atoms with E-state index in [1.807, 2.05) is 35.0 Å². The van der Waals surface area contributed by atoms with Crippen LogP contribution in [0, 0.1) is 5.41 Å². The van der Waals surface area contributed by atoms with Gasteiger partial charge >= 0.3 is 0 Å². The lowest BCUT2D eigenvalue weighted by molar-refractivity contribution is -0.134. The highest BCUT2D eigenvalue weighted by Crippen LogP contribution is 2.38. The van der Waals surface area contributed by atoms with Crippen LogP contribution in [0.2, 0.25) is 0 Å². The molecule has 31 heavy (non-hydrogen) atoms. The molecule has 7 nitrogen and oxygen atoms in total. The molecule has 1 fully saturated rings. The average Bonchev–Trinajstić information content (AvgIpc) is 2.81. The Kier molecular flexibility index (Phi) is 6.49. The maximum absolute atomic E-state index is 12.8. The monoisotopic (exact) mass is 422 g/mol. The van der Waals surface area contributed by atoms with Crippen molar-refractivity contribution in [1.82, 2.24) is 19.8 Å². The van der Waals surface area contributed by atoms with Crippen molar-refractivity contribution in [2.45, 2.75) is 38.5 Å². The molecule has 4 rings (SSSR count). The Morgan fingerprint density at radius 2 is 1.81 bits per heavy atom. The zero-order chi connectivity index (χ0) is 21.7. The van der Waals surface area contributed by atoms with Crippen LogP contribution in [0.1, 0.15) is 48.0 Å². The third kappa shape index (κ3) is 5.03. The summed E-state index contributed by atoms with van der Waals surface area (Å²) in [5.74, 6) is 0.795. The second-order valence-electron chi connectivity index (χ2n) is 8.77. The molecule has 1 aromatic heterocycles. The first-order valence-electron chi connectivity index (χ1n) is 11.1. The molecule has 0 unspecified atom stereocenters. The smallest absolute Gasteiger partial charge is 0.260 e. The summed E-state index contributed by atoms with van der Waals surface area (Å²) in [5.41, 5.74) is 1.73. The summed E-state index contributed by atoms with van der Waals surface area (Å²) in [4.78, 5) is 37.1. The van der Waals surface area contributed by atoms with Gasteiger partial charge in [0.25, 0.3) is 11.8 Å². The lowest BCUT2D eigenvalue weighted by Gasteiger charge is -2.44. The van der Waals surface area contributed by atoms with Crippen LogP contribution in [0.4, 0.5) is 0 Å². The minimum atomic E-state index is -0.0157. The molecule has 0 saturated carbocycles. The number of hydrogen-bond donors (Lipinski definition) is 0. The number of aromatic nitrogens is 2. The fraction of sp³-hybridized carbons (Fsp3) is 0.500. The molecule has 0 aliphatic carbocycles. The highest BCUT2D eigenvalue weighted by Gasteiger charge is 2.37. The van der Waals surface area contributed by atoms with Gasteiger partial charge in [0.2, 0.25) is 0 Å². The number of para-hydroxylation sites is 1. The maximum Gasteiger partial charge on any atom is 0.260 e. The average molecular weight is 423 g/mol. The summed E-state index contributed by atoms with van der Waals surface area (Å²) >= 11 is 0. The number of aryl methyl sites for hydroxylation is 1. The van der Waals surface area contributed by atoms with Crippen LogP contribution in [0.3, 0.4) is 0 Å². The van der Waals surface area contributed by atoms with E-state index in [0.29, 0.717) is 25.2 Å². The SMILES string of the molecule is CN1CC2(CCCCc3ccccc3OCC1=O)CCN(C(=O)c1cncnc1)CC2. The van der Waals surface area contributed by atoms with Crippen LogP contribution in [-0.4, -0.2) is 64.9 Å². The molecule has 2 aliphatic heterocycles. The third-order valence-electron chi connectivity index (χ3n) is 6.64. The topological polar surface area (TPSA) is 75.6 Å². The number of amides is 2. The number of benzene rings is 1. The minimum absolute atomic E-state index is 0.00491. The molecule has 1 spiro atoms. The van der Waals surface area contributed by atoms with Crippen LogP contribution in [0.15, 0.2) is 43.0 Å². The molecule has 1 aromatic carbocycles. The predicted octanol–water partition coefficient (Wildman–Crippen LogP) is 2.96. The molecular formula is C24H30N4O3. The Morgan fingerprint density at radius 3 is 2.58 bits per heavy atom. The number of carbonyl (C=O) groups is 2. The summed E-state index contributed by atoms with van der Waals surface area (Å²) in [6.45, 7) is 2.14. The minimum Gasteiger partial charge on any atom is -0.483 e.